The second-order valence-corrected chi connectivity index (χ2v) is 3.16. The van der Waals surface area contributed by atoms with Crippen molar-refractivity contribution in [1.82, 2.24) is 5.23 Å². The Morgan fingerprint density at radius 3 is 2.58 bits per heavy atom. The minimum Gasteiger partial charge on any atom is -0.480 e. The largest absolute Gasteiger partial charge is 0.480 e. The van der Waals surface area contributed by atoms with Crippen LogP contribution in [0.25, 0.3) is 0 Å². The fourth-order valence-electron chi connectivity index (χ4n) is 0.927. The summed E-state index contributed by atoms with van der Waals surface area (Å²) in [5.74, 6) is -0.448. The van der Waals surface area contributed by atoms with Crippen LogP contribution in [0.2, 0.25) is 0 Å². The third-order valence-corrected chi connectivity index (χ3v) is 1.48. The summed E-state index contributed by atoms with van der Waals surface area (Å²) in [5, 5.41) is 11.5. The zero-order valence-corrected chi connectivity index (χ0v) is 7.83. The molecule has 0 aromatic heterocycles. The molecule has 0 fully saturated rings. The van der Waals surface area contributed by atoms with Crippen molar-refractivity contribution in [1.29, 1.82) is 0 Å². The Morgan fingerprint density at radius 1 is 1.67 bits per heavy atom. The number of carbonyl (C=O) groups is 1. The molecule has 0 aromatic carbocycles. The van der Waals surface area contributed by atoms with Crippen molar-refractivity contribution >= 4 is 13.6 Å². The van der Waals surface area contributed by atoms with Gasteiger partial charge in [-0.3, -0.25) is 4.79 Å². The van der Waals surface area contributed by atoms with E-state index in [0.29, 0.717) is 12.3 Å². The lowest BCUT2D eigenvalue weighted by Crippen LogP contribution is -2.40. The molecule has 0 unspecified atom stereocenters. The van der Waals surface area contributed by atoms with Gasteiger partial charge in [0.15, 0.2) is 0 Å². The summed E-state index contributed by atoms with van der Waals surface area (Å²) in [6.07, 6.45) is 0.624. The number of aliphatic carboxylic acids is 1. The maximum atomic E-state index is 10.6. The highest BCUT2D eigenvalue weighted by atomic mass is 16.4. The summed E-state index contributed by atoms with van der Waals surface area (Å²) in [5.41, 5.74) is 0. The van der Waals surface area contributed by atoms with Crippen LogP contribution in [-0.4, -0.2) is 31.8 Å². The molecule has 0 saturated heterocycles. The van der Waals surface area contributed by atoms with E-state index in [1.165, 1.54) is 7.11 Å². The molecule has 0 aliphatic carbocycles. The number of carboxylic acids is 1. The predicted octanol–water partition coefficient (Wildman–Crippen LogP) is -0.0118. The molecule has 1 atom stereocenters. The maximum Gasteiger partial charge on any atom is 0.361 e. The van der Waals surface area contributed by atoms with Gasteiger partial charge in [-0.05, 0) is 12.3 Å². The van der Waals surface area contributed by atoms with Crippen LogP contribution < -0.4 is 5.23 Å². The van der Waals surface area contributed by atoms with Gasteiger partial charge < -0.3 is 15.0 Å². The maximum absolute atomic E-state index is 10.6. The molecule has 0 radical (unpaired) electrons. The average Bonchev–Trinajstić information content (AvgIpc) is 1.96. The van der Waals surface area contributed by atoms with Gasteiger partial charge in [-0.2, -0.15) is 0 Å². The van der Waals surface area contributed by atoms with Crippen molar-refractivity contribution in [2.24, 2.45) is 5.92 Å². The molecule has 2 N–H and O–H groups in total. The molecule has 0 spiro atoms. The number of hydrogen-bond acceptors (Lipinski definition) is 3. The van der Waals surface area contributed by atoms with Crippen molar-refractivity contribution in [3.63, 3.8) is 0 Å². The standard InChI is InChI=1S/C7H16BNO3/c1-5(2)4-6(7(10)11)9-8-12-3/h5-6,8-9H,4H2,1-3H3,(H,10,11)/t6-/m0/s1. The van der Waals surface area contributed by atoms with Gasteiger partial charge in [0.05, 0.1) is 6.04 Å². The van der Waals surface area contributed by atoms with Crippen LogP contribution in [0.15, 0.2) is 0 Å². The monoisotopic (exact) mass is 173 g/mol. The SMILES string of the molecule is COBN[C@@H](CC(C)C)C(=O)O. The van der Waals surface area contributed by atoms with Crippen LogP contribution in [-0.2, 0) is 9.45 Å². The third-order valence-electron chi connectivity index (χ3n) is 1.48. The fourth-order valence-corrected chi connectivity index (χ4v) is 0.927. The number of carboxylic acid groups (broad SMARTS) is 1. The minimum atomic E-state index is -0.819. The summed E-state index contributed by atoms with van der Waals surface area (Å²) < 4.78 is 4.73. The Balaban J connectivity index is 3.78. The first kappa shape index (κ1) is 11.5. The van der Waals surface area contributed by atoms with E-state index in [4.69, 9.17) is 9.76 Å². The smallest absolute Gasteiger partial charge is 0.361 e. The zero-order valence-electron chi connectivity index (χ0n) is 7.83. The normalized spacial score (nSPS) is 13.0. The molecule has 0 aliphatic rings. The van der Waals surface area contributed by atoms with Gasteiger partial charge in [0, 0.05) is 7.11 Å². The molecule has 4 nitrogen and oxygen atoms in total. The molecular formula is C7H16BNO3. The summed E-state index contributed by atoms with van der Waals surface area (Å²) >= 11 is 0. The molecule has 5 heteroatoms. The molecule has 70 valence electrons. The second kappa shape index (κ2) is 6.02. The van der Waals surface area contributed by atoms with Gasteiger partial charge in [-0.25, -0.2) is 0 Å². The van der Waals surface area contributed by atoms with Crippen molar-refractivity contribution < 1.29 is 14.6 Å². The van der Waals surface area contributed by atoms with E-state index in [-0.39, 0.29) is 7.62 Å². The molecule has 0 bridgehead atoms. The molecular weight excluding hydrogens is 157 g/mol. The van der Waals surface area contributed by atoms with Crippen LogP contribution in [0.4, 0.5) is 0 Å². The topological polar surface area (TPSA) is 58.6 Å². The highest BCUT2D eigenvalue weighted by Gasteiger charge is 2.17. The van der Waals surface area contributed by atoms with Crippen molar-refractivity contribution in [2.75, 3.05) is 7.11 Å². The minimum absolute atomic E-state index is 0.281. The summed E-state index contributed by atoms with van der Waals surface area (Å²) in [4.78, 5) is 10.6. The van der Waals surface area contributed by atoms with E-state index in [0.717, 1.165) is 0 Å². The first-order chi connectivity index (χ1) is 5.57. The summed E-state index contributed by atoms with van der Waals surface area (Å²) in [6.45, 7) is 3.98. The molecule has 12 heavy (non-hydrogen) atoms. The van der Waals surface area contributed by atoms with Gasteiger partial charge in [-0.15, -0.1) is 0 Å². The lowest BCUT2D eigenvalue weighted by molar-refractivity contribution is -0.139. The Kier molecular flexibility index (Phi) is 5.75. The number of hydrogen-bond donors (Lipinski definition) is 2. The highest BCUT2D eigenvalue weighted by Crippen LogP contribution is 2.04. The molecule has 0 aliphatic heterocycles. The Bertz CT molecular complexity index is 141. The van der Waals surface area contributed by atoms with Crippen LogP contribution in [0.3, 0.4) is 0 Å². The van der Waals surface area contributed by atoms with Crippen molar-refractivity contribution in [3.05, 3.63) is 0 Å². The quantitative estimate of drug-likeness (QED) is 0.554. The van der Waals surface area contributed by atoms with E-state index >= 15 is 0 Å². The summed E-state index contributed by atoms with van der Waals surface area (Å²) in [6, 6.07) is -0.495. The molecule has 0 heterocycles. The average molecular weight is 173 g/mol. The number of rotatable bonds is 6. The van der Waals surface area contributed by atoms with Gasteiger partial charge in [0.2, 0.25) is 0 Å². The lowest BCUT2D eigenvalue weighted by atomic mass is 10.0. The van der Waals surface area contributed by atoms with Crippen molar-refractivity contribution in [2.45, 2.75) is 26.3 Å². The van der Waals surface area contributed by atoms with Gasteiger partial charge in [0.1, 0.15) is 0 Å². The van der Waals surface area contributed by atoms with E-state index in [2.05, 4.69) is 5.23 Å². The zero-order chi connectivity index (χ0) is 9.56. The van der Waals surface area contributed by atoms with Gasteiger partial charge >= 0.3 is 13.6 Å². The molecule has 0 aromatic rings. The van der Waals surface area contributed by atoms with E-state index < -0.39 is 12.0 Å². The third kappa shape index (κ3) is 5.15. The van der Waals surface area contributed by atoms with Gasteiger partial charge in [-0.1, -0.05) is 13.8 Å². The van der Waals surface area contributed by atoms with Crippen LogP contribution in [0, 0.1) is 5.92 Å². The van der Waals surface area contributed by atoms with Crippen LogP contribution in [0.1, 0.15) is 20.3 Å². The van der Waals surface area contributed by atoms with Gasteiger partial charge in [0.25, 0.3) is 0 Å². The van der Waals surface area contributed by atoms with E-state index in [1.54, 1.807) is 0 Å². The predicted molar refractivity (Wildman–Crippen MR) is 48.2 cm³/mol. The van der Waals surface area contributed by atoms with E-state index in [9.17, 15) is 4.79 Å². The van der Waals surface area contributed by atoms with E-state index in [1.807, 2.05) is 13.8 Å². The van der Waals surface area contributed by atoms with Crippen LogP contribution in [0.5, 0.6) is 0 Å². The molecule has 0 rings (SSSR count). The van der Waals surface area contributed by atoms with Crippen LogP contribution >= 0.6 is 0 Å². The number of nitrogens with one attached hydrogen (secondary N) is 1. The summed E-state index contributed by atoms with van der Waals surface area (Å²) in [7, 11) is 1.81. The Labute approximate surface area is 73.6 Å². The molecule has 0 saturated carbocycles. The fraction of sp³-hybridized carbons (Fsp3) is 0.857. The Hall–Kier alpha value is -0.545. The Morgan fingerprint density at radius 2 is 2.25 bits per heavy atom. The first-order valence-electron chi connectivity index (χ1n) is 4.03. The lowest BCUT2D eigenvalue weighted by Gasteiger charge is -2.14. The van der Waals surface area contributed by atoms with Crippen molar-refractivity contribution in [3.8, 4) is 0 Å². The highest BCUT2D eigenvalue weighted by molar-refractivity contribution is 6.24. The first-order valence-corrected chi connectivity index (χ1v) is 4.03. The molecule has 0 amide bonds. The second-order valence-electron chi connectivity index (χ2n) is 3.16.